The minimum Gasteiger partial charge on any atom is -0.497 e. The first kappa shape index (κ1) is 18.6. The van der Waals surface area contributed by atoms with Gasteiger partial charge in [0.05, 0.1) is 32.4 Å². The smallest absolute Gasteiger partial charge is 0.311 e. The van der Waals surface area contributed by atoms with Crippen LogP contribution in [-0.2, 0) is 16.1 Å². The molecule has 0 aliphatic carbocycles. The van der Waals surface area contributed by atoms with Crippen LogP contribution in [0.15, 0.2) is 41.0 Å². The van der Waals surface area contributed by atoms with Crippen LogP contribution in [0.3, 0.4) is 0 Å². The van der Waals surface area contributed by atoms with Crippen molar-refractivity contribution in [2.45, 2.75) is 26.3 Å². The van der Waals surface area contributed by atoms with E-state index in [0.717, 1.165) is 11.6 Å². The van der Waals surface area contributed by atoms with E-state index in [-0.39, 0.29) is 25.3 Å². The third kappa shape index (κ3) is 6.90. The summed E-state index contributed by atoms with van der Waals surface area (Å²) >= 11 is 0. The van der Waals surface area contributed by atoms with E-state index >= 15 is 0 Å². The molecule has 0 spiro atoms. The van der Waals surface area contributed by atoms with Crippen LogP contribution in [0.1, 0.15) is 18.9 Å². The molecule has 2 N–H and O–H groups in total. The predicted molar refractivity (Wildman–Crippen MR) is 83.7 cm³/mol. The van der Waals surface area contributed by atoms with Crippen LogP contribution in [0.25, 0.3) is 0 Å². The number of esters is 1. The molecule has 0 heterocycles. The molecule has 0 aliphatic rings. The first-order valence-electron chi connectivity index (χ1n) is 7.03. The summed E-state index contributed by atoms with van der Waals surface area (Å²) in [6, 6.07) is 7.12. The zero-order chi connectivity index (χ0) is 17.2. The SMILES string of the molecule is CCOC(=O)CC(/C=C(\N)C(F)F)=NCc1ccc(OC)cc1. The van der Waals surface area contributed by atoms with Crippen molar-refractivity contribution in [3.63, 3.8) is 0 Å². The number of methoxy groups -OCH3 is 1. The van der Waals surface area contributed by atoms with E-state index in [9.17, 15) is 13.6 Å². The molecule has 0 aromatic heterocycles. The number of hydrogen-bond acceptors (Lipinski definition) is 5. The van der Waals surface area contributed by atoms with Crippen molar-refractivity contribution in [3.8, 4) is 5.75 Å². The Morgan fingerprint density at radius 1 is 1.35 bits per heavy atom. The Bertz CT molecular complexity index is 569. The fourth-order valence-electron chi connectivity index (χ4n) is 1.69. The third-order valence-corrected chi connectivity index (χ3v) is 2.84. The summed E-state index contributed by atoms with van der Waals surface area (Å²) in [7, 11) is 1.56. The lowest BCUT2D eigenvalue weighted by atomic mass is 10.2. The van der Waals surface area contributed by atoms with E-state index in [0.29, 0.717) is 5.75 Å². The van der Waals surface area contributed by atoms with Crippen molar-refractivity contribution in [1.29, 1.82) is 0 Å². The number of benzene rings is 1. The minimum absolute atomic E-state index is 0.150. The number of alkyl halides is 2. The third-order valence-electron chi connectivity index (χ3n) is 2.84. The monoisotopic (exact) mass is 326 g/mol. The number of halogens is 2. The van der Waals surface area contributed by atoms with E-state index in [1.54, 1.807) is 38.3 Å². The fraction of sp³-hybridized carbons (Fsp3) is 0.375. The molecule has 1 aromatic carbocycles. The van der Waals surface area contributed by atoms with E-state index in [1.807, 2.05) is 0 Å². The van der Waals surface area contributed by atoms with Gasteiger partial charge in [-0.25, -0.2) is 8.78 Å². The zero-order valence-electron chi connectivity index (χ0n) is 13.1. The van der Waals surface area contributed by atoms with Gasteiger partial charge in [0.2, 0.25) is 0 Å². The van der Waals surface area contributed by atoms with Crippen molar-refractivity contribution < 1.29 is 23.0 Å². The molecule has 7 heteroatoms. The second-order valence-corrected chi connectivity index (χ2v) is 4.58. The van der Waals surface area contributed by atoms with Gasteiger partial charge in [0.1, 0.15) is 5.75 Å². The number of carbonyl (C=O) groups is 1. The number of carbonyl (C=O) groups excluding carboxylic acids is 1. The Balaban J connectivity index is 2.87. The molecule has 0 aliphatic heterocycles. The number of allylic oxidation sites excluding steroid dienone is 2. The highest BCUT2D eigenvalue weighted by Gasteiger charge is 2.11. The Morgan fingerprint density at radius 3 is 2.52 bits per heavy atom. The van der Waals surface area contributed by atoms with Crippen molar-refractivity contribution in [2.24, 2.45) is 10.7 Å². The lowest BCUT2D eigenvalue weighted by molar-refractivity contribution is -0.141. The van der Waals surface area contributed by atoms with Crippen LogP contribution < -0.4 is 10.5 Å². The first-order valence-corrected chi connectivity index (χ1v) is 7.03. The van der Waals surface area contributed by atoms with Crippen LogP contribution >= 0.6 is 0 Å². The summed E-state index contributed by atoms with van der Waals surface area (Å²) in [6.45, 7) is 2.10. The molecule has 5 nitrogen and oxygen atoms in total. The molecular weight excluding hydrogens is 306 g/mol. The summed E-state index contributed by atoms with van der Waals surface area (Å²) < 4.78 is 34.9. The first-order chi connectivity index (χ1) is 11.0. The molecule has 1 aromatic rings. The zero-order valence-corrected chi connectivity index (χ0v) is 13.1. The van der Waals surface area contributed by atoms with E-state index in [1.165, 1.54) is 0 Å². The summed E-state index contributed by atoms with van der Waals surface area (Å²) in [5, 5.41) is 0. The van der Waals surface area contributed by atoms with Crippen molar-refractivity contribution in [1.82, 2.24) is 0 Å². The van der Waals surface area contributed by atoms with Gasteiger partial charge in [0, 0.05) is 5.71 Å². The maximum absolute atomic E-state index is 12.5. The number of nitrogens with zero attached hydrogens (tertiary/aromatic N) is 1. The van der Waals surface area contributed by atoms with Gasteiger partial charge < -0.3 is 15.2 Å². The molecule has 0 saturated heterocycles. The van der Waals surface area contributed by atoms with Crippen molar-refractivity contribution in [2.75, 3.05) is 13.7 Å². The summed E-state index contributed by atoms with van der Waals surface area (Å²) in [5.41, 5.74) is 5.59. The number of rotatable bonds is 8. The molecule has 1 rings (SSSR count). The lowest BCUT2D eigenvalue weighted by Gasteiger charge is -2.06. The second-order valence-electron chi connectivity index (χ2n) is 4.58. The average molecular weight is 326 g/mol. The second kappa shape index (κ2) is 9.55. The number of hydrogen-bond donors (Lipinski definition) is 1. The number of aliphatic imine (C=N–C) groups is 1. The number of nitrogens with two attached hydrogens (primary N) is 1. The van der Waals surface area contributed by atoms with Gasteiger partial charge >= 0.3 is 5.97 Å². The standard InChI is InChI=1S/C16H20F2N2O3/c1-3-23-15(21)9-12(8-14(19)16(17)18)20-10-11-4-6-13(22-2)7-5-11/h4-8,16H,3,9-10,19H2,1-2H3/b14-8-,20-12?. The maximum Gasteiger partial charge on any atom is 0.311 e. The topological polar surface area (TPSA) is 73.9 Å². The van der Waals surface area contributed by atoms with Crippen LogP contribution in [0.5, 0.6) is 5.75 Å². The Labute approximate surface area is 133 Å². The Hall–Kier alpha value is -2.44. The van der Waals surface area contributed by atoms with E-state index < -0.39 is 18.1 Å². The highest BCUT2D eigenvalue weighted by molar-refractivity contribution is 6.05. The summed E-state index contributed by atoms with van der Waals surface area (Å²) in [6.07, 6.45) is -1.99. The quantitative estimate of drug-likeness (QED) is 0.589. The molecule has 126 valence electrons. The molecule has 23 heavy (non-hydrogen) atoms. The van der Waals surface area contributed by atoms with Gasteiger partial charge in [-0.1, -0.05) is 12.1 Å². The van der Waals surface area contributed by atoms with Gasteiger partial charge in [-0.3, -0.25) is 9.79 Å². The minimum atomic E-state index is -2.80. The average Bonchev–Trinajstić information content (AvgIpc) is 2.53. The highest BCUT2D eigenvalue weighted by atomic mass is 19.3. The summed E-state index contributed by atoms with van der Waals surface area (Å²) in [4.78, 5) is 15.7. The molecule has 0 unspecified atom stereocenters. The Kier molecular flexibility index (Phi) is 7.73. The van der Waals surface area contributed by atoms with Gasteiger partial charge in [-0.2, -0.15) is 0 Å². The van der Waals surface area contributed by atoms with Gasteiger partial charge in [-0.15, -0.1) is 0 Å². The van der Waals surface area contributed by atoms with Crippen LogP contribution in [0.4, 0.5) is 8.78 Å². The normalized spacial score (nSPS) is 12.4. The van der Waals surface area contributed by atoms with Crippen LogP contribution in [0.2, 0.25) is 0 Å². The molecule has 0 saturated carbocycles. The Morgan fingerprint density at radius 2 is 2.00 bits per heavy atom. The molecule has 0 amide bonds. The molecular formula is C16H20F2N2O3. The molecule has 0 radical (unpaired) electrons. The summed E-state index contributed by atoms with van der Waals surface area (Å²) in [5.74, 6) is 0.158. The molecule has 0 atom stereocenters. The fourth-order valence-corrected chi connectivity index (χ4v) is 1.69. The van der Waals surface area contributed by atoms with Crippen LogP contribution in [0, 0.1) is 0 Å². The highest BCUT2D eigenvalue weighted by Crippen LogP contribution is 2.12. The molecule has 0 bridgehead atoms. The molecule has 0 fully saturated rings. The van der Waals surface area contributed by atoms with Gasteiger partial charge in [-0.05, 0) is 30.7 Å². The largest absolute Gasteiger partial charge is 0.497 e. The maximum atomic E-state index is 12.5. The van der Waals surface area contributed by atoms with Crippen molar-refractivity contribution >= 4 is 11.7 Å². The van der Waals surface area contributed by atoms with Gasteiger partial charge in [0.15, 0.2) is 0 Å². The van der Waals surface area contributed by atoms with Crippen LogP contribution in [-0.4, -0.2) is 31.8 Å². The lowest BCUT2D eigenvalue weighted by Crippen LogP contribution is -2.14. The van der Waals surface area contributed by atoms with Crippen molar-refractivity contribution in [3.05, 3.63) is 41.6 Å². The number of ether oxygens (including phenoxy) is 2. The van der Waals surface area contributed by atoms with E-state index in [2.05, 4.69) is 4.99 Å². The predicted octanol–water partition coefficient (Wildman–Crippen LogP) is 2.70. The van der Waals surface area contributed by atoms with E-state index in [4.69, 9.17) is 15.2 Å². The van der Waals surface area contributed by atoms with Gasteiger partial charge in [0.25, 0.3) is 6.43 Å².